The third-order valence-corrected chi connectivity index (χ3v) is 2.33. The summed E-state index contributed by atoms with van der Waals surface area (Å²) in [6.07, 6.45) is 1.47. The number of carbonyl (C=O) groups is 1. The number of nitrogens with zero attached hydrogens (tertiary/aromatic N) is 1. The molecule has 0 aromatic carbocycles. The lowest BCUT2D eigenvalue weighted by atomic mass is 10.4. The first-order chi connectivity index (χ1) is 8.08. The minimum Gasteiger partial charge on any atom is -0.456 e. The van der Waals surface area contributed by atoms with Crippen LogP contribution >= 0.6 is 0 Å². The second-order valence-electron chi connectivity index (χ2n) is 3.82. The van der Waals surface area contributed by atoms with E-state index in [-0.39, 0.29) is 12.1 Å². The first kappa shape index (κ1) is 13.6. The van der Waals surface area contributed by atoms with Gasteiger partial charge in [-0.05, 0) is 26.8 Å². The summed E-state index contributed by atoms with van der Waals surface area (Å²) < 4.78 is 12.2. The van der Waals surface area contributed by atoms with Crippen LogP contribution in [-0.4, -0.2) is 29.9 Å². The molecule has 0 bridgehead atoms. The maximum absolute atomic E-state index is 11.9. The second kappa shape index (κ2) is 6.30. The van der Waals surface area contributed by atoms with Gasteiger partial charge in [0.05, 0.1) is 12.3 Å². The van der Waals surface area contributed by atoms with Crippen LogP contribution in [0.4, 0.5) is 5.69 Å². The van der Waals surface area contributed by atoms with Gasteiger partial charge in [0.15, 0.2) is 0 Å². The van der Waals surface area contributed by atoms with Gasteiger partial charge in [0.25, 0.3) is 0 Å². The molecule has 1 aromatic rings. The number of aromatic nitrogens is 1. The van der Waals surface area contributed by atoms with Crippen LogP contribution in [0.15, 0.2) is 12.3 Å². The van der Waals surface area contributed by atoms with Crippen LogP contribution in [0, 0.1) is 0 Å². The molecule has 0 spiro atoms. The monoisotopic (exact) mass is 240 g/mol. The molecule has 17 heavy (non-hydrogen) atoms. The normalized spacial score (nSPS) is 12.4. The van der Waals surface area contributed by atoms with E-state index in [0.717, 1.165) is 0 Å². The van der Waals surface area contributed by atoms with Crippen molar-refractivity contribution in [1.82, 2.24) is 4.57 Å². The SMILES string of the molecule is CCOCC(C)OC(=O)c1cc(N)cn1CC. The van der Waals surface area contributed by atoms with Crippen molar-refractivity contribution in [3.8, 4) is 0 Å². The molecular weight excluding hydrogens is 220 g/mol. The molecule has 0 saturated heterocycles. The lowest BCUT2D eigenvalue weighted by Gasteiger charge is -2.13. The first-order valence-corrected chi connectivity index (χ1v) is 5.82. The largest absolute Gasteiger partial charge is 0.456 e. The van der Waals surface area contributed by atoms with Crippen molar-refractivity contribution in [3.05, 3.63) is 18.0 Å². The Morgan fingerprint density at radius 3 is 2.82 bits per heavy atom. The van der Waals surface area contributed by atoms with E-state index in [2.05, 4.69) is 0 Å². The Labute approximate surface area is 101 Å². The van der Waals surface area contributed by atoms with E-state index < -0.39 is 0 Å². The van der Waals surface area contributed by atoms with E-state index in [1.807, 2.05) is 13.8 Å². The van der Waals surface area contributed by atoms with E-state index in [0.29, 0.717) is 31.1 Å². The van der Waals surface area contributed by atoms with Crippen molar-refractivity contribution >= 4 is 11.7 Å². The van der Waals surface area contributed by atoms with Crippen molar-refractivity contribution in [2.45, 2.75) is 33.4 Å². The van der Waals surface area contributed by atoms with Crippen molar-refractivity contribution in [2.24, 2.45) is 0 Å². The van der Waals surface area contributed by atoms with E-state index in [4.69, 9.17) is 15.2 Å². The number of nitrogen functional groups attached to an aromatic ring is 1. The van der Waals surface area contributed by atoms with Gasteiger partial charge in [-0.15, -0.1) is 0 Å². The van der Waals surface area contributed by atoms with Crippen LogP contribution < -0.4 is 5.73 Å². The zero-order valence-corrected chi connectivity index (χ0v) is 10.6. The molecule has 2 N–H and O–H groups in total. The molecule has 1 atom stereocenters. The van der Waals surface area contributed by atoms with Crippen molar-refractivity contribution < 1.29 is 14.3 Å². The van der Waals surface area contributed by atoms with Crippen LogP contribution in [0.5, 0.6) is 0 Å². The molecule has 0 radical (unpaired) electrons. The van der Waals surface area contributed by atoms with Gasteiger partial charge in [-0.1, -0.05) is 0 Å². The zero-order valence-electron chi connectivity index (χ0n) is 10.6. The molecular formula is C12H20N2O3. The Hall–Kier alpha value is -1.49. The van der Waals surface area contributed by atoms with E-state index in [1.165, 1.54) is 0 Å². The summed E-state index contributed by atoms with van der Waals surface area (Å²) in [5, 5.41) is 0. The van der Waals surface area contributed by atoms with Crippen LogP contribution in [-0.2, 0) is 16.0 Å². The highest BCUT2D eigenvalue weighted by atomic mass is 16.6. The van der Waals surface area contributed by atoms with E-state index in [1.54, 1.807) is 23.8 Å². The van der Waals surface area contributed by atoms with Crippen LogP contribution in [0.3, 0.4) is 0 Å². The number of hydrogen-bond donors (Lipinski definition) is 1. The number of rotatable bonds is 6. The molecule has 5 nitrogen and oxygen atoms in total. The standard InChI is InChI=1S/C12H20N2O3/c1-4-14-7-10(13)6-11(14)12(15)17-9(3)8-16-5-2/h6-7,9H,4-5,8,13H2,1-3H3. The molecule has 1 heterocycles. The molecule has 0 aliphatic rings. The van der Waals surface area contributed by atoms with E-state index >= 15 is 0 Å². The van der Waals surface area contributed by atoms with E-state index in [9.17, 15) is 4.79 Å². The van der Waals surface area contributed by atoms with Crippen LogP contribution in [0.25, 0.3) is 0 Å². The number of aryl methyl sites for hydroxylation is 1. The lowest BCUT2D eigenvalue weighted by molar-refractivity contribution is 0.00348. The number of esters is 1. The summed E-state index contributed by atoms with van der Waals surface area (Å²) in [6.45, 7) is 7.35. The number of carbonyl (C=O) groups excluding carboxylic acids is 1. The number of nitrogens with two attached hydrogens (primary N) is 1. The fraction of sp³-hybridized carbons (Fsp3) is 0.583. The van der Waals surface area contributed by atoms with Gasteiger partial charge in [0.2, 0.25) is 0 Å². The summed E-state index contributed by atoms with van der Waals surface area (Å²) in [4.78, 5) is 11.9. The highest BCUT2D eigenvalue weighted by molar-refractivity contribution is 5.89. The minimum atomic E-state index is -0.365. The van der Waals surface area contributed by atoms with Gasteiger partial charge >= 0.3 is 5.97 Å². The van der Waals surface area contributed by atoms with Crippen LogP contribution in [0.1, 0.15) is 31.3 Å². The summed E-state index contributed by atoms with van der Waals surface area (Å²) in [6, 6.07) is 1.62. The average molecular weight is 240 g/mol. The highest BCUT2D eigenvalue weighted by Gasteiger charge is 2.16. The van der Waals surface area contributed by atoms with Gasteiger partial charge in [0, 0.05) is 19.3 Å². The van der Waals surface area contributed by atoms with Crippen molar-refractivity contribution in [2.75, 3.05) is 18.9 Å². The molecule has 0 aliphatic heterocycles. The Kier molecular flexibility index (Phi) is 5.03. The molecule has 1 unspecified atom stereocenters. The summed E-state index contributed by atoms with van der Waals surface area (Å²) >= 11 is 0. The predicted octanol–water partition coefficient (Wildman–Crippen LogP) is 1.67. The maximum atomic E-state index is 11.9. The molecule has 1 rings (SSSR count). The number of ether oxygens (including phenoxy) is 2. The average Bonchev–Trinajstić information content (AvgIpc) is 2.67. The summed E-state index contributed by atoms with van der Waals surface area (Å²) in [5.74, 6) is -0.365. The van der Waals surface area contributed by atoms with Gasteiger partial charge < -0.3 is 19.8 Å². The van der Waals surface area contributed by atoms with Crippen LogP contribution in [0.2, 0.25) is 0 Å². The Morgan fingerprint density at radius 1 is 1.53 bits per heavy atom. The quantitative estimate of drug-likeness (QED) is 0.768. The zero-order chi connectivity index (χ0) is 12.8. The molecule has 0 amide bonds. The fourth-order valence-electron chi connectivity index (χ4n) is 1.53. The topological polar surface area (TPSA) is 66.5 Å². The number of hydrogen-bond acceptors (Lipinski definition) is 4. The molecule has 0 saturated carbocycles. The first-order valence-electron chi connectivity index (χ1n) is 5.82. The summed E-state index contributed by atoms with van der Waals surface area (Å²) in [7, 11) is 0. The van der Waals surface area contributed by atoms with Crippen molar-refractivity contribution in [1.29, 1.82) is 0 Å². The lowest BCUT2D eigenvalue weighted by Crippen LogP contribution is -2.22. The van der Waals surface area contributed by atoms with Gasteiger partial charge in [0.1, 0.15) is 11.8 Å². The molecule has 5 heteroatoms. The minimum absolute atomic E-state index is 0.260. The smallest absolute Gasteiger partial charge is 0.355 e. The van der Waals surface area contributed by atoms with Gasteiger partial charge in [-0.2, -0.15) is 0 Å². The molecule has 96 valence electrons. The second-order valence-corrected chi connectivity index (χ2v) is 3.82. The molecule has 0 fully saturated rings. The molecule has 1 aromatic heterocycles. The highest BCUT2D eigenvalue weighted by Crippen LogP contribution is 2.12. The molecule has 0 aliphatic carbocycles. The Balaban J connectivity index is 2.62. The van der Waals surface area contributed by atoms with Crippen molar-refractivity contribution in [3.63, 3.8) is 0 Å². The van der Waals surface area contributed by atoms with Gasteiger partial charge in [-0.3, -0.25) is 0 Å². The Bertz CT molecular complexity index is 374. The predicted molar refractivity (Wildman–Crippen MR) is 65.9 cm³/mol. The third-order valence-electron chi connectivity index (χ3n) is 2.33. The van der Waals surface area contributed by atoms with Gasteiger partial charge in [-0.25, -0.2) is 4.79 Å². The Morgan fingerprint density at radius 2 is 2.24 bits per heavy atom. The third kappa shape index (κ3) is 3.78. The fourth-order valence-corrected chi connectivity index (χ4v) is 1.53. The number of anilines is 1. The maximum Gasteiger partial charge on any atom is 0.355 e. The summed E-state index contributed by atoms with van der Waals surface area (Å²) in [5.41, 5.74) is 6.70.